The van der Waals surface area contributed by atoms with E-state index in [4.69, 9.17) is 11.6 Å². The predicted octanol–water partition coefficient (Wildman–Crippen LogP) is 3.29. The average molecular weight is 399 g/mol. The van der Waals surface area contributed by atoms with Crippen LogP contribution < -0.4 is 10.3 Å². The fourth-order valence-electron chi connectivity index (χ4n) is 3.26. The minimum Gasteiger partial charge on any atom is -0.351 e. The molecule has 1 aromatic rings. The third-order valence-electron chi connectivity index (χ3n) is 4.63. The van der Waals surface area contributed by atoms with Gasteiger partial charge in [-0.2, -0.15) is 18.3 Å². The molecule has 6 nitrogen and oxygen atoms in total. The Morgan fingerprint density at radius 3 is 2.63 bits per heavy atom. The topological polar surface area (TPSA) is 55.6 Å². The van der Waals surface area contributed by atoms with Crippen molar-refractivity contribution in [3.63, 3.8) is 0 Å². The molecule has 1 aromatic carbocycles. The van der Waals surface area contributed by atoms with Crippen LogP contribution in [-0.4, -0.2) is 55.0 Å². The first-order chi connectivity index (χ1) is 12.8. The summed E-state index contributed by atoms with van der Waals surface area (Å²) in [6, 6.07) is 2.21. The van der Waals surface area contributed by atoms with Crippen LogP contribution >= 0.6 is 11.6 Å². The van der Waals surface area contributed by atoms with Gasteiger partial charge in [0.1, 0.15) is 0 Å². The van der Waals surface area contributed by atoms with Gasteiger partial charge in [0.05, 0.1) is 28.0 Å². The third-order valence-corrected chi connectivity index (χ3v) is 4.94. The summed E-state index contributed by atoms with van der Waals surface area (Å²) in [6.07, 6.45) is -2.29. The van der Waals surface area contributed by atoms with Crippen molar-refractivity contribution in [1.82, 2.24) is 10.2 Å². The molecule has 0 amide bonds. The Morgan fingerprint density at radius 2 is 1.93 bits per heavy atom. The van der Waals surface area contributed by atoms with Gasteiger partial charge in [-0.3, -0.25) is 4.99 Å². The van der Waals surface area contributed by atoms with Crippen molar-refractivity contribution in [2.45, 2.75) is 25.6 Å². The van der Waals surface area contributed by atoms with Crippen molar-refractivity contribution in [3.05, 3.63) is 22.7 Å². The number of hydrogen-bond donors (Lipinski definition) is 1. The number of rotatable bonds is 0. The van der Waals surface area contributed by atoms with Gasteiger partial charge in [0.25, 0.3) is 0 Å². The van der Waals surface area contributed by atoms with E-state index in [0.717, 1.165) is 32.2 Å². The lowest BCUT2D eigenvalue weighted by Gasteiger charge is -2.36. The highest BCUT2D eigenvalue weighted by molar-refractivity contribution is 6.47. The van der Waals surface area contributed by atoms with Crippen LogP contribution in [0.15, 0.2) is 27.2 Å². The van der Waals surface area contributed by atoms with Crippen LogP contribution in [0.3, 0.4) is 0 Å². The maximum absolute atomic E-state index is 13.3. The highest BCUT2D eigenvalue weighted by atomic mass is 35.5. The van der Waals surface area contributed by atoms with Crippen molar-refractivity contribution in [1.29, 1.82) is 0 Å². The number of amidine groups is 2. The Labute approximate surface area is 159 Å². The minimum absolute atomic E-state index is 0.0437. The van der Waals surface area contributed by atoms with Gasteiger partial charge in [-0.25, -0.2) is 10.0 Å². The van der Waals surface area contributed by atoms with Crippen LogP contribution in [0.1, 0.15) is 18.9 Å². The van der Waals surface area contributed by atoms with Crippen molar-refractivity contribution in [3.8, 4) is 0 Å². The SMILES string of the molecule is CC1CC=NN2C(=N1)C(N1CCNCC1)=Nc1cc(Cl)c(C(F)(F)F)cc12. The summed E-state index contributed by atoms with van der Waals surface area (Å²) in [5.74, 6) is 1.09. The zero-order valence-electron chi connectivity index (χ0n) is 14.6. The second kappa shape index (κ2) is 6.79. The highest BCUT2D eigenvalue weighted by Gasteiger charge is 2.38. The highest BCUT2D eigenvalue weighted by Crippen LogP contribution is 2.44. The first-order valence-corrected chi connectivity index (χ1v) is 9.08. The summed E-state index contributed by atoms with van der Waals surface area (Å²) in [5, 5.41) is 8.73. The minimum atomic E-state index is -4.56. The van der Waals surface area contributed by atoms with Crippen LogP contribution in [0.5, 0.6) is 0 Å². The number of nitrogens with zero attached hydrogens (tertiary/aromatic N) is 5. The van der Waals surface area contributed by atoms with Gasteiger partial charge in [0.2, 0.25) is 0 Å². The number of aliphatic imine (C=N–C) groups is 2. The summed E-state index contributed by atoms with van der Waals surface area (Å²) in [4.78, 5) is 11.4. The summed E-state index contributed by atoms with van der Waals surface area (Å²) in [5.41, 5.74) is -0.322. The molecule has 0 spiro atoms. The number of hydrazone groups is 1. The molecule has 0 aromatic heterocycles. The van der Waals surface area contributed by atoms with Gasteiger partial charge in [-0.1, -0.05) is 11.6 Å². The Bertz CT molecular complexity index is 842. The first kappa shape index (κ1) is 18.2. The smallest absolute Gasteiger partial charge is 0.351 e. The predicted molar refractivity (Wildman–Crippen MR) is 100 cm³/mol. The van der Waals surface area contributed by atoms with Gasteiger partial charge in [0.15, 0.2) is 11.7 Å². The van der Waals surface area contributed by atoms with E-state index in [-0.39, 0.29) is 16.8 Å². The maximum Gasteiger partial charge on any atom is 0.417 e. The molecular weight excluding hydrogens is 381 g/mol. The van der Waals surface area contributed by atoms with Crippen molar-refractivity contribution in [2.24, 2.45) is 15.1 Å². The summed E-state index contributed by atoms with van der Waals surface area (Å²) >= 11 is 5.91. The van der Waals surface area contributed by atoms with E-state index in [9.17, 15) is 13.2 Å². The van der Waals surface area contributed by atoms with E-state index in [1.807, 2.05) is 6.92 Å². The van der Waals surface area contributed by atoms with Crippen LogP contribution in [0.4, 0.5) is 24.5 Å². The average Bonchev–Trinajstić information content (AvgIpc) is 2.81. The van der Waals surface area contributed by atoms with Gasteiger partial charge in [-0.05, 0) is 19.1 Å². The van der Waals surface area contributed by atoms with Gasteiger partial charge in [-0.15, -0.1) is 0 Å². The van der Waals surface area contributed by atoms with E-state index < -0.39 is 11.7 Å². The lowest BCUT2D eigenvalue weighted by atomic mass is 10.1. The molecule has 1 fully saturated rings. The lowest BCUT2D eigenvalue weighted by molar-refractivity contribution is -0.137. The molecule has 0 aliphatic carbocycles. The quantitative estimate of drug-likeness (QED) is 0.729. The number of fused-ring (bicyclic) bond motifs is 3. The molecule has 0 bridgehead atoms. The van der Waals surface area contributed by atoms with E-state index in [2.05, 4.69) is 25.3 Å². The van der Waals surface area contributed by atoms with E-state index >= 15 is 0 Å². The normalized spacial score (nSPS) is 22.6. The molecule has 1 atom stereocenters. The Morgan fingerprint density at radius 1 is 1.19 bits per heavy atom. The Balaban J connectivity index is 1.89. The third kappa shape index (κ3) is 3.41. The fraction of sp³-hybridized carbons (Fsp3) is 0.471. The number of alkyl halides is 3. The van der Waals surface area contributed by atoms with E-state index in [1.54, 1.807) is 6.21 Å². The molecule has 144 valence electrons. The second-order valence-electron chi connectivity index (χ2n) is 6.64. The van der Waals surface area contributed by atoms with Gasteiger partial charge >= 0.3 is 6.18 Å². The van der Waals surface area contributed by atoms with Crippen LogP contribution in [-0.2, 0) is 6.18 Å². The van der Waals surface area contributed by atoms with Gasteiger partial charge < -0.3 is 10.2 Å². The summed E-state index contributed by atoms with van der Waals surface area (Å²) < 4.78 is 40.0. The van der Waals surface area contributed by atoms with Crippen LogP contribution in [0.25, 0.3) is 0 Å². The molecule has 1 saturated heterocycles. The monoisotopic (exact) mass is 398 g/mol. The molecule has 10 heteroatoms. The number of benzene rings is 1. The zero-order chi connectivity index (χ0) is 19.2. The molecule has 4 rings (SSSR count). The molecule has 3 aliphatic heterocycles. The Kier molecular flexibility index (Phi) is 4.59. The van der Waals surface area contributed by atoms with E-state index in [1.165, 1.54) is 11.1 Å². The van der Waals surface area contributed by atoms with Gasteiger partial charge in [0, 0.05) is 38.8 Å². The van der Waals surface area contributed by atoms with Crippen molar-refractivity contribution in [2.75, 3.05) is 31.2 Å². The first-order valence-electron chi connectivity index (χ1n) is 8.70. The largest absolute Gasteiger partial charge is 0.417 e. The molecule has 0 radical (unpaired) electrons. The molecular formula is C17H18ClF3N6. The molecule has 1 N–H and O–H groups in total. The van der Waals surface area contributed by atoms with Crippen LogP contribution in [0, 0.1) is 0 Å². The van der Waals surface area contributed by atoms with Crippen molar-refractivity contribution < 1.29 is 13.2 Å². The summed E-state index contributed by atoms with van der Waals surface area (Å²) in [7, 11) is 0. The molecule has 27 heavy (non-hydrogen) atoms. The van der Waals surface area contributed by atoms with E-state index in [0.29, 0.717) is 23.8 Å². The second-order valence-corrected chi connectivity index (χ2v) is 7.05. The zero-order valence-corrected chi connectivity index (χ0v) is 15.3. The number of nitrogens with one attached hydrogen (secondary N) is 1. The molecule has 1 unspecified atom stereocenters. The fourth-order valence-corrected chi connectivity index (χ4v) is 3.53. The number of piperazine rings is 1. The molecule has 3 aliphatic rings. The van der Waals surface area contributed by atoms with Crippen molar-refractivity contribution >= 4 is 40.9 Å². The number of anilines is 1. The number of hydrogen-bond acceptors (Lipinski definition) is 6. The van der Waals surface area contributed by atoms with Crippen LogP contribution in [0.2, 0.25) is 5.02 Å². The summed E-state index contributed by atoms with van der Waals surface area (Å²) in [6.45, 7) is 4.99. The Hall–Kier alpha value is -2.13. The molecule has 3 heterocycles. The standard InChI is InChI=1S/C17H18ClF3N6/c1-10-2-3-23-27-14-8-11(17(19,20)21)12(18)9-13(14)25-15(16(27)24-10)26-6-4-22-5-7-26/h3,8-10,22H,2,4-7H2,1H3. The number of halogens is 4. The lowest BCUT2D eigenvalue weighted by Crippen LogP contribution is -2.52. The molecule has 0 saturated carbocycles. The maximum atomic E-state index is 13.3.